The third kappa shape index (κ3) is 7.39. The molecule has 0 spiro atoms. The van der Waals surface area contributed by atoms with Crippen LogP contribution in [-0.4, -0.2) is 19.8 Å². The van der Waals surface area contributed by atoms with Crippen molar-refractivity contribution in [2.45, 2.75) is 52.1 Å². The molecule has 0 aromatic carbocycles. The van der Waals surface area contributed by atoms with Crippen LogP contribution in [0.1, 0.15) is 39.0 Å². The van der Waals surface area contributed by atoms with Crippen molar-refractivity contribution in [3.8, 4) is 0 Å². The van der Waals surface area contributed by atoms with E-state index in [1.165, 1.54) is 12.8 Å². The zero-order valence-corrected chi connectivity index (χ0v) is 11.2. The van der Waals surface area contributed by atoms with Gasteiger partial charge in [-0.25, -0.2) is 0 Å². The average molecular weight is 237 g/mol. The molecule has 0 radical (unpaired) electrons. The monoisotopic (exact) mass is 236 g/mol. The summed E-state index contributed by atoms with van der Waals surface area (Å²) < 4.78 is 5.34. The highest BCUT2D eigenvalue weighted by atomic mass is 35.5. The predicted octanol–water partition coefficient (Wildman–Crippen LogP) is 3.48. The summed E-state index contributed by atoms with van der Waals surface area (Å²) in [4.78, 5) is 11.3. The van der Waals surface area contributed by atoms with Crippen molar-refractivity contribution in [3.63, 3.8) is 0 Å². The summed E-state index contributed by atoms with van der Waals surface area (Å²) in [6.07, 6.45) is 5.00. The van der Waals surface area contributed by atoms with Gasteiger partial charge >= 0.3 is 0 Å². The van der Waals surface area contributed by atoms with E-state index in [1.807, 2.05) is 13.1 Å². The van der Waals surface area contributed by atoms with Crippen molar-refractivity contribution in [2.75, 3.05) is 5.50 Å². The SMILES string of the molecule is CCCCCCC(=O)O[Si](C)(C)CCl. The van der Waals surface area contributed by atoms with Crippen molar-refractivity contribution in [1.82, 2.24) is 0 Å². The molecule has 0 bridgehead atoms. The smallest absolute Gasteiger partial charge is 0.292 e. The molecule has 0 aromatic rings. The van der Waals surface area contributed by atoms with Crippen LogP contribution in [0.3, 0.4) is 0 Å². The van der Waals surface area contributed by atoms with E-state index in [4.69, 9.17) is 16.0 Å². The Hall–Kier alpha value is -0.0231. The summed E-state index contributed by atoms with van der Waals surface area (Å²) >= 11 is 5.71. The molecule has 0 heterocycles. The molecule has 0 saturated carbocycles. The first-order chi connectivity index (χ1) is 6.52. The quantitative estimate of drug-likeness (QED) is 0.384. The summed E-state index contributed by atoms with van der Waals surface area (Å²) in [6.45, 7) is 6.08. The molecule has 0 aromatic heterocycles. The molecule has 84 valence electrons. The van der Waals surface area contributed by atoms with Crippen LogP contribution in [0.2, 0.25) is 13.1 Å². The number of unbranched alkanes of at least 4 members (excludes halogenated alkanes) is 3. The maximum atomic E-state index is 11.3. The highest BCUT2D eigenvalue weighted by Gasteiger charge is 2.25. The molecule has 0 amide bonds. The molecule has 0 fully saturated rings. The lowest BCUT2D eigenvalue weighted by Gasteiger charge is -2.19. The lowest BCUT2D eigenvalue weighted by Crippen LogP contribution is -2.35. The highest BCUT2D eigenvalue weighted by Crippen LogP contribution is 2.10. The Bertz CT molecular complexity index is 172. The van der Waals surface area contributed by atoms with E-state index < -0.39 is 8.32 Å². The molecule has 14 heavy (non-hydrogen) atoms. The van der Waals surface area contributed by atoms with Gasteiger partial charge < -0.3 is 4.43 Å². The molecule has 0 atom stereocenters. The van der Waals surface area contributed by atoms with E-state index in [0.717, 1.165) is 12.8 Å². The molecule has 0 aliphatic heterocycles. The third-order valence-electron chi connectivity index (χ3n) is 1.95. The molecule has 4 heteroatoms. The molecule has 0 saturated heterocycles. The fourth-order valence-electron chi connectivity index (χ4n) is 1.08. The number of carbonyl (C=O) groups excluding carboxylic acids is 1. The van der Waals surface area contributed by atoms with Crippen molar-refractivity contribution < 1.29 is 9.22 Å². The van der Waals surface area contributed by atoms with Crippen molar-refractivity contribution in [1.29, 1.82) is 0 Å². The van der Waals surface area contributed by atoms with E-state index in [9.17, 15) is 4.79 Å². The molecule has 0 N–H and O–H groups in total. The molecule has 0 aliphatic rings. The standard InChI is InChI=1S/C10H21ClO2Si/c1-4-5-6-7-8-10(12)13-14(2,3)9-11/h4-9H2,1-3H3. The first-order valence-electron chi connectivity index (χ1n) is 5.29. The maximum absolute atomic E-state index is 11.3. The Balaban J connectivity index is 3.55. The van der Waals surface area contributed by atoms with Crippen molar-refractivity contribution in [2.24, 2.45) is 0 Å². The Kier molecular flexibility index (Phi) is 7.28. The lowest BCUT2D eigenvalue weighted by atomic mass is 10.2. The van der Waals surface area contributed by atoms with Gasteiger partial charge in [-0.05, 0) is 19.5 Å². The van der Waals surface area contributed by atoms with E-state index in [0.29, 0.717) is 11.9 Å². The number of alkyl halides is 1. The largest absolute Gasteiger partial charge is 0.518 e. The van der Waals surface area contributed by atoms with Crippen molar-refractivity contribution >= 4 is 25.9 Å². The Labute approximate surface area is 93.1 Å². The van der Waals surface area contributed by atoms with Crippen LogP contribution in [0.25, 0.3) is 0 Å². The summed E-state index contributed by atoms with van der Waals surface area (Å²) in [5.41, 5.74) is 0.480. The number of halogens is 1. The topological polar surface area (TPSA) is 26.3 Å². The van der Waals surface area contributed by atoms with Crippen LogP contribution in [-0.2, 0) is 9.22 Å². The fourth-order valence-corrected chi connectivity index (χ4v) is 2.02. The fraction of sp³-hybridized carbons (Fsp3) is 0.900. The predicted molar refractivity (Wildman–Crippen MR) is 63.1 cm³/mol. The zero-order valence-electron chi connectivity index (χ0n) is 9.44. The van der Waals surface area contributed by atoms with Gasteiger partial charge in [0.25, 0.3) is 14.3 Å². The average Bonchev–Trinajstić information content (AvgIpc) is 2.12. The summed E-state index contributed by atoms with van der Waals surface area (Å²) in [6, 6.07) is 0. The Morgan fingerprint density at radius 2 is 1.93 bits per heavy atom. The van der Waals surface area contributed by atoms with Gasteiger partial charge in [-0.3, -0.25) is 4.79 Å². The Morgan fingerprint density at radius 1 is 1.29 bits per heavy atom. The minimum Gasteiger partial charge on any atom is -0.518 e. The number of carbonyl (C=O) groups is 1. The first-order valence-corrected chi connectivity index (χ1v) is 8.94. The second kappa shape index (κ2) is 7.29. The first kappa shape index (κ1) is 14.0. The van der Waals surface area contributed by atoms with Crippen LogP contribution in [0.15, 0.2) is 0 Å². The highest BCUT2D eigenvalue weighted by molar-refractivity contribution is 6.78. The third-order valence-corrected chi connectivity index (χ3v) is 5.30. The van der Waals surface area contributed by atoms with Gasteiger partial charge in [0, 0.05) is 6.42 Å². The van der Waals surface area contributed by atoms with E-state index in [2.05, 4.69) is 6.92 Å². The minimum atomic E-state index is -1.89. The normalized spacial score (nSPS) is 11.4. The number of hydrogen-bond acceptors (Lipinski definition) is 2. The molecule has 2 nitrogen and oxygen atoms in total. The molecule has 0 aliphatic carbocycles. The van der Waals surface area contributed by atoms with Crippen LogP contribution >= 0.6 is 11.6 Å². The Morgan fingerprint density at radius 3 is 2.43 bits per heavy atom. The zero-order chi connectivity index (χ0) is 11.0. The molecule has 0 unspecified atom stereocenters. The van der Waals surface area contributed by atoms with E-state index in [-0.39, 0.29) is 5.97 Å². The van der Waals surface area contributed by atoms with E-state index >= 15 is 0 Å². The van der Waals surface area contributed by atoms with Crippen LogP contribution < -0.4 is 0 Å². The van der Waals surface area contributed by atoms with Gasteiger partial charge in [0.1, 0.15) is 0 Å². The van der Waals surface area contributed by atoms with Gasteiger partial charge in [0.15, 0.2) is 0 Å². The number of hydrogen-bond donors (Lipinski definition) is 0. The van der Waals surface area contributed by atoms with Gasteiger partial charge in [0.2, 0.25) is 0 Å². The van der Waals surface area contributed by atoms with E-state index in [1.54, 1.807) is 0 Å². The summed E-state index contributed by atoms with van der Waals surface area (Å²) in [5.74, 6) is -0.0709. The van der Waals surface area contributed by atoms with Crippen LogP contribution in [0.5, 0.6) is 0 Å². The second-order valence-electron chi connectivity index (χ2n) is 4.18. The van der Waals surface area contributed by atoms with Crippen LogP contribution in [0, 0.1) is 0 Å². The van der Waals surface area contributed by atoms with Gasteiger partial charge in [-0.1, -0.05) is 26.2 Å². The van der Waals surface area contributed by atoms with Gasteiger partial charge in [-0.2, -0.15) is 0 Å². The van der Waals surface area contributed by atoms with Crippen LogP contribution in [0.4, 0.5) is 0 Å². The van der Waals surface area contributed by atoms with Gasteiger partial charge in [-0.15, -0.1) is 11.6 Å². The molecular formula is C10H21ClO2Si. The summed E-state index contributed by atoms with van der Waals surface area (Å²) in [5, 5.41) is 0. The lowest BCUT2D eigenvalue weighted by molar-refractivity contribution is -0.135. The molecular weight excluding hydrogens is 216 g/mol. The molecule has 0 rings (SSSR count). The second-order valence-corrected chi connectivity index (χ2v) is 8.97. The minimum absolute atomic E-state index is 0.0709. The maximum Gasteiger partial charge on any atom is 0.292 e. The van der Waals surface area contributed by atoms with Crippen molar-refractivity contribution in [3.05, 3.63) is 0 Å². The summed E-state index contributed by atoms with van der Waals surface area (Å²) in [7, 11) is -1.89. The van der Waals surface area contributed by atoms with Gasteiger partial charge in [0.05, 0.1) is 5.50 Å². The number of rotatable bonds is 7.